The number of carbonyl (C=O) groups excluding carboxylic acids is 6. The number of hydrogen-bond acceptors (Lipinski definition) is 15. The number of alkyl carbamates (subject to hydrolysis) is 1. The van der Waals surface area contributed by atoms with Crippen LogP contribution in [0.25, 0.3) is 0 Å². The summed E-state index contributed by atoms with van der Waals surface area (Å²) >= 11 is 0. The molecule has 3 amide bonds. The fourth-order valence-electron chi connectivity index (χ4n) is 6.48. The zero-order valence-corrected chi connectivity index (χ0v) is 40.1. The first kappa shape index (κ1) is 52.4. The molecule has 0 aliphatic rings. The summed E-state index contributed by atoms with van der Waals surface area (Å²) in [6.45, 7) is 1.32. The van der Waals surface area contributed by atoms with E-state index in [1.807, 2.05) is 24.3 Å². The average Bonchev–Trinajstić information content (AvgIpc) is 4.32. The Kier molecular flexibility index (Phi) is 19.4. The smallest absolute Gasteiger partial charge is 0.407 e. The van der Waals surface area contributed by atoms with E-state index >= 15 is 0 Å². The maximum Gasteiger partial charge on any atom is 0.407 e. The minimum Gasteiger partial charge on any atom is -0.482 e. The fraction of sp³-hybridized carbons (Fsp3) is 0.111. The lowest BCUT2D eigenvalue weighted by atomic mass is 10.1. The van der Waals surface area contributed by atoms with Gasteiger partial charge in [-0.3, -0.25) is 52.6 Å². The second-order valence-electron chi connectivity index (χ2n) is 15.8. The van der Waals surface area contributed by atoms with Crippen LogP contribution in [-0.4, -0.2) is 92.4 Å². The molecule has 0 aliphatic heterocycles. The highest BCUT2D eigenvalue weighted by Crippen LogP contribution is 2.11. The predicted octanol–water partition coefficient (Wildman–Crippen LogP) is 5.75. The van der Waals surface area contributed by atoms with Crippen LogP contribution in [0.1, 0.15) is 53.3 Å². The Morgan fingerprint density at radius 3 is 1.32 bits per heavy atom. The van der Waals surface area contributed by atoms with E-state index in [-0.39, 0.29) is 49.3 Å². The number of pyridine rings is 3. The van der Waals surface area contributed by atoms with E-state index in [1.165, 1.54) is 32.7 Å². The number of aromatic nitrogens is 9. The largest absolute Gasteiger partial charge is 0.482 e. The van der Waals surface area contributed by atoms with Crippen molar-refractivity contribution in [2.45, 2.75) is 26.2 Å². The molecule has 21 heteroatoms. The third kappa shape index (κ3) is 17.1. The summed E-state index contributed by atoms with van der Waals surface area (Å²) in [5.74, 6) is -0.274. The third-order valence-corrected chi connectivity index (χ3v) is 10.4. The topological polar surface area (TPSA) is 261 Å². The molecule has 0 radical (unpaired) electrons. The lowest BCUT2D eigenvalue weighted by Gasteiger charge is -2.08. The number of ether oxygens (including phenoxy) is 2. The molecule has 0 saturated heterocycles. The molecule has 0 atom stereocenters. The van der Waals surface area contributed by atoms with Gasteiger partial charge in [-0.1, -0.05) is 42.5 Å². The van der Waals surface area contributed by atoms with Gasteiger partial charge in [0, 0.05) is 110 Å². The molecule has 9 aromatic rings. The SMILES string of the molecule is O=C(CNc1cccnc1)NCc1ccc(C(=O)n2ccnc2)cc1.O=C(COc1cccnc1)NCc1ccc(C(=O)n2ccnc2)cc1.O=C(NCc1ccc(C(=O)n2ccnc2)cc1)OCc1cccnc1. The Morgan fingerprint density at radius 2 is 0.893 bits per heavy atom. The van der Waals surface area contributed by atoms with Crippen molar-refractivity contribution in [1.82, 2.24) is 59.6 Å². The number of nitrogens with one attached hydrogen (secondary N) is 4. The molecule has 0 fully saturated rings. The number of benzene rings is 3. The van der Waals surface area contributed by atoms with Gasteiger partial charge in [0.15, 0.2) is 6.61 Å². The normalized spacial score (nSPS) is 10.2. The molecular weight excluding hydrogens is 959 g/mol. The number of amides is 3. The standard InChI is InChI=1S/C18H17N5O2.2C18H16N4O3/c24-17(12-21-16-2-1-7-19-11-16)22-10-14-3-5-15(6-4-14)18(25)23-9-8-20-13-23;23-17(22-9-8-20-13-22)16-5-3-14(4-6-16)11-21-18(24)25-12-15-2-1-7-19-10-15;23-17(12-25-16-2-1-7-19-11-16)21-10-14-3-5-15(6-4-14)18(24)22-9-8-20-13-22/h1-9,11,13,21H,10,12H2,(H,22,24);1-10,13H,11-12H2,(H,21,24);1-9,11,13H,10,12H2,(H,21,23). The second-order valence-corrected chi connectivity index (χ2v) is 15.8. The number of carbonyl (C=O) groups is 6. The van der Waals surface area contributed by atoms with E-state index in [0.29, 0.717) is 42.1 Å². The molecule has 3 aromatic carbocycles. The van der Waals surface area contributed by atoms with E-state index in [2.05, 4.69) is 51.2 Å². The van der Waals surface area contributed by atoms with Crippen LogP contribution in [-0.2, 0) is 40.6 Å². The van der Waals surface area contributed by atoms with Gasteiger partial charge in [0.25, 0.3) is 23.6 Å². The lowest BCUT2D eigenvalue weighted by Crippen LogP contribution is -2.29. The maximum atomic E-state index is 12.1. The number of nitrogens with zero attached hydrogens (tertiary/aromatic N) is 9. The molecule has 0 unspecified atom stereocenters. The Balaban J connectivity index is 0.000000164. The van der Waals surface area contributed by atoms with E-state index in [1.54, 1.807) is 159 Å². The van der Waals surface area contributed by atoms with Crippen molar-refractivity contribution < 1.29 is 38.2 Å². The molecule has 21 nitrogen and oxygen atoms in total. The number of hydrogen-bond donors (Lipinski definition) is 4. The molecule has 0 bridgehead atoms. The van der Waals surface area contributed by atoms with Crippen LogP contribution in [0.5, 0.6) is 5.75 Å². The Hall–Kier alpha value is -10.4. The molecule has 0 saturated carbocycles. The van der Waals surface area contributed by atoms with Crippen molar-refractivity contribution in [3.05, 3.63) is 241 Å². The third-order valence-electron chi connectivity index (χ3n) is 10.4. The van der Waals surface area contributed by atoms with Gasteiger partial charge in [-0.05, 0) is 83.4 Å². The molecule has 378 valence electrons. The second kappa shape index (κ2) is 27.8. The van der Waals surface area contributed by atoms with E-state index in [0.717, 1.165) is 27.9 Å². The van der Waals surface area contributed by atoms with Gasteiger partial charge in [-0.25, -0.2) is 19.7 Å². The van der Waals surface area contributed by atoms with Crippen molar-refractivity contribution in [1.29, 1.82) is 0 Å². The predicted molar refractivity (Wildman–Crippen MR) is 273 cm³/mol. The zero-order valence-electron chi connectivity index (χ0n) is 40.1. The summed E-state index contributed by atoms with van der Waals surface area (Å²) in [7, 11) is 0. The molecule has 9 rings (SSSR count). The van der Waals surface area contributed by atoms with E-state index in [4.69, 9.17) is 9.47 Å². The van der Waals surface area contributed by atoms with Crippen LogP contribution < -0.4 is 26.0 Å². The van der Waals surface area contributed by atoms with E-state index in [9.17, 15) is 28.8 Å². The molecule has 4 N–H and O–H groups in total. The number of imidazole rings is 3. The van der Waals surface area contributed by atoms with Crippen molar-refractivity contribution >= 4 is 41.3 Å². The van der Waals surface area contributed by atoms with Gasteiger partial charge in [0.1, 0.15) is 31.3 Å². The Morgan fingerprint density at radius 1 is 0.440 bits per heavy atom. The van der Waals surface area contributed by atoms with Crippen LogP contribution in [0.4, 0.5) is 10.5 Å². The van der Waals surface area contributed by atoms with Crippen molar-refractivity contribution in [3.63, 3.8) is 0 Å². The van der Waals surface area contributed by atoms with Gasteiger partial charge in [0.05, 0.1) is 18.4 Å². The van der Waals surface area contributed by atoms with Crippen LogP contribution >= 0.6 is 0 Å². The highest BCUT2D eigenvalue weighted by molar-refractivity contribution is 5.97. The van der Waals surface area contributed by atoms with Crippen molar-refractivity contribution in [2.75, 3.05) is 18.5 Å². The molecule has 75 heavy (non-hydrogen) atoms. The van der Waals surface area contributed by atoms with Gasteiger partial charge in [-0.2, -0.15) is 0 Å². The fourth-order valence-corrected chi connectivity index (χ4v) is 6.48. The monoisotopic (exact) mass is 1010 g/mol. The summed E-state index contributed by atoms with van der Waals surface area (Å²) < 4.78 is 14.7. The van der Waals surface area contributed by atoms with Gasteiger partial charge >= 0.3 is 6.09 Å². The highest BCUT2D eigenvalue weighted by atomic mass is 16.5. The summed E-state index contributed by atoms with van der Waals surface area (Å²) in [5.41, 5.74) is 5.93. The Labute approximate surface area is 429 Å². The summed E-state index contributed by atoms with van der Waals surface area (Å²) in [6.07, 6.45) is 23.1. The summed E-state index contributed by atoms with van der Waals surface area (Å²) in [5, 5.41) is 11.2. The first-order valence-corrected chi connectivity index (χ1v) is 23.0. The zero-order chi connectivity index (χ0) is 52.5. The minimum atomic E-state index is -0.512. The van der Waals surface area contributed by atoms with Crippen LogP contribution in [0.2, 0.25) is 0 Å². The first-order valence-electron chi connectivity index (χ1n) is 23.0. The quantitative estimate of drug-likeness (QED) is 0.0847. The number of anilines is 1. The summed E-state index contributed by atoms with van der Waals surface area (Å²) in [4.78, 5) is 95.2. The maximum absolute atomic E-state index is 12.1. The average molecular weight is 1010 g/mol. The molecule has 6 heterocycles. The van der Waals surface area contributed by atoms with Gasteiger partial charge in [0.2, 0.25) is 5.91 Å². The minimum absolute atomic E-state index is 0.0805. The van der Waals surface area contributed by atoms with Gasteiger partial charge < -0.3 is 30.7 Å². The summed E-state index contributed by atoms with van der Waals surface area (Å²) in [6, 6.07) is 31.8. The molecule has 6 aromatic heterocycles. The number of rotatable bonds is 17. The highest BCUT2D eigenvalue weighted by Gasteiger charge is 2.11. The lowest BCUT2D eigenvalue weighted by molar-refractivity contribution is -0.123. The van der Waals surface area contributed by atoms with Crippen LogP contribution in [0, 0.1) is 0 Å². The van der Waals surface area contributed by atoms with Crippen LogP contribution in [0.15, 0.2) is 203 Å². The molecule has 0 aliphatic carbocycles. The van der Waals surface area contributed by atoms with Gasteiger partial charge in [-0.15, -0.1) is 0 Å². The van der Waals surface area contributed by atoms with Crippen molar-refractivity contribution in [2.24, 2.45) is 0 Å². The molecular formula is C54H49N13O8. The van der Waals surface area contributed by atoms with Crippen molar-refractivity contribution in [3.8, 4) is 5.75 Å². The first-order chi connectivity index (χ1) is 36.7. The Bertz CT molecular complexity index is 2840. The molecule has 0 spiro atoms. The van der Waals surface area contributed by atoms with E-state index < -0.39 is 6.09 Å². The van der Waals surface area contributed by atoms with Crippen LogP contribution in [0.3, 0.4) is 0 Å².